The molecule has 6 heteroatoms. The summed E-state index contributed by atoms with van der Waals surface area (Å²) in [7, 11) is 4.67. The Morgan fingerprint density at radius 2 is 1.52 bits per heavy atom. The number of carbonyl (C=O) groups is 2. The van der Waals surface area contributed by atoms with Gasteiger partial charge in [-0.1, -0.05) is 38.1 Å². The number of ketones is 2. The fourth-order valence-electron chi connectivity index (χ4n) is 5.39. The Kier molecular flexibility index (Phi) is 4.85. The first-order chi connectivity index (χ1) is 15.8. The maximum atomic E-state index is 13.6. The highest BCUT2D eigenvalue weighted by molar-refractivity contribution is 6.23. The Bertz CT molecular complexity index is 1240. The molecule has 0 bridgehead atoms. The van der Waals surface area contributed by atoms with E-state index in [1.165, 1.54) is 0 Å². The number of Topliss-reactive ketones (excluding diaryl/α,β-unsaturated/α-hetero) is 2. The second-order valence-electron chi connectivity index (χ2n) is 9.51. The minimum atomic E-state index is -0.520. The summed E-state index contributed by atoms with van der Waals surface area (Å²) < 4.78 is 16.7. The molecule has 6 nitrogen and oxygen atoms in total. The van der Waals surface area contributed by atoms with Crippen molar-refractivity contribution in [1.82, 2.24) is 5.32 Å². The lowest BCUT2D eigenvalue weighted by Gasteiger charge is -2.39. The molecule has 170 valence electrons. The van der Waals surface area contributed by atoms with Gasteiger partial charge in [-0.2, -0.15) is 0 Å². The molecule has 0 saturated carbocycles. The van der Waals surface area contributed by atoms with Crippen LogP contribution in [0.25, 0.3) is 5.70 Å². The van der Waals surface area contributed by atoms with E-state index < -0.39 is 5.92 Å². The molecule has 0 aromatic heterocycles. The maximum absolute atomic E-state index is 13.6. The fraction of sp³-hybridized carbons (Fsp3) is 0.333. The van der Waals surface area contributed by atoms with Gasteiger partial charge in [0.05, 0.1) is 27.0 Å². The lowest BCUT2D eigenvalue weighted by Crippen LogP contribution is -2.37. The minimum absolute atomic E-state index is 0.0582. The predicted molar refractivity (Wildman–Crippen MR) is 125 cm³/mol. The largest absolute Gasteiger partial charge is 0.493 e. The van der Waals surface area contributed by atoms with Crippen molar-refractivity contribution < 1.29 is 23.8 Å². The first-order valence-electron chi connectivity index (χ1n) is 11.0. The van der Waals surface area contributed by atoms with E-state index in [-0.39, 0.29) is 17.0 Å². The quantitative estimate of drug-likeness (QED) is 0.739. The summed E-state index contributed by atoms with van der Waals surface area (Å²) in [5.74, 6) is 0.924. The summed E-state index contributed by atoms with van der Waals surface area (Å²) in [4.78, 5) is 27.1. The molecule has 0 saturated heterocycles. The molecule has 0 amide bonds. The highest BCUT2D eigenvalue weighted by atomic mass is 16.5. The number of dihydropyridines is 1. The minimum Gasteiger partial charge on any atom is -0.493 e. The molecule has 0 fully saturated rings. The van der Waals surface area contributed by atoms with Gasteiger partial charge in [0.25, 0.3) is 0 Å². The number of carbonyl (C=O) groups excluding carboxylic acids is 2. The molecule has 1 atom stereocenters. The number of fused-ring (bicyclic) bond motifs is 2. The van der Waals surface area contributed by atoms with E-state index >= 15 is 0 Å². The van der Waals surface area contributed by atoms with E-state index in [9.17, 15) is 9.59 Å². The Balaban J connectivity index is 1.78. The Hall–Kier alpha value is -3.54. The summed E-state index contributed by atoms with van der Waals surface area (Å²) in [6.07, 6.45) is 1.15. The molecule has 0 radical (unpaired) electrons. The van der Waals surface area contributed by atoms with Gasteiger partial charge >= 0.3 is 0 Å². The number of allylic oxidation sites excluding steroid dienone is 3. The van der Waals surface area contributed by atoms with Crippen LogP contribution in [0.4, 0.5) is 0 Å². The number of hydrogen-bond acceptors (Lipinski definition) is 6. The van der Waals surface area contributed by atoms with E-state index in [0.29, 0.717) is 40.4 Å². The van der Waals surface area contributed by atoms with Crippen LogP contribution in [-0.2, 0) is 4.79 Å². The van der Waals surface area contributed by atoms with Crippen molar-refractivity contribution in [2.45, 2.75) is 32.6 Å². The molecule has 2 aromatic rings. The number of ether oxygens (including phenoxy) is 3. The van der Waals surface area contributed by atoms with Gasteiger partial charge < -0.3 is 19.5 Å². The number of methoxy groups -OCH3 is 3. The van der Waals surface area contributed by atoms with Crippen molar-refractivity contribution in [3.05, 3.63) is 69.9 Å². The molecular formula is C27H27NO5. The standard InChI is InChI=1S/C27H27NO5/c1-27(2)12-17-22(18(29)13-27)21(14-10-19(31-3)26(33-5)20(11-14)32-4)23-24(28-17)15-8-6-7-9-16(15)25(23)30/h6-11,21,28H,12-13H2,1-5H3. The van der Waals surface area contributed by atoms with Gasteiger partial charge in [-0.15, -0.1) is 0 Å². The molecule has 1 aliphatic heterocycles. The lowest BCUT2D eigenvalue weighted by atomic mass is 9.68. The molecule has 1 N–H and O–H groups in total. The van der Waals surface area contributed by atoms with Crippen molar-refractivity contribution >= 4 is 17.3 Å². The van der Waals surface area contributed by atoms with Crippen LogP contribution >= 0.6 is 0 Å². The van der Waals surface area contributed by atoms with Crippen LogP contribution in [0.5, 0.6) is 17.2 Å². The summed E-state index contributed by atoms with van der Waals surface area (Å²) in [5, 5.41) is 3.50. The second-order valence-corrected chi connectivity index (χ2v) is 9.51. The first-order valence-corrected chi connectivity index (χ1v) is 11.0. The van der Waals surface area contributed by atoms with Gasteiger partial charge in [0, 0.05) is 40.3 Å². The van der Waals surface area contributed by atoms with Gasteiger partial charge in [-0.25, -0.2) is 0 Å². The number of nitrogens with one attached hydrogen (secondary N) is 1. The van der Waals surface area contributed by atoms with E-state index in [1.807, 2.05) is 36.4 Å². The third-order valence-corrected chi connectivity index (χ3v) is 6.75. The zero-order valence-electron chi connectivity index (χ0n) is 19.5. The summed E-state index contributed by atoms with van der Waals surface area (Å²) >= 11 is 0. The zero-order chi connectivity index (χ0) is 23.5. The van der Waals surface area contributed by atoms with Crippen LogP contribution in [0.1, 0.15) is 54.1 Å². The van der Waals surface area contributed by atoms with E-state index in [2.05, 4.69) is 19.2 Å². The summed E-state index contributed by atoms with van der Waals surface area (Å²) in [5.41, 5.74) is 5.05. The molecule has 3 aliphatic rings. The molecule has 0 spiro atoms. The summed E-state index contributed by atoms with van der Waals surface area (Å²) in [6.45, 7) is 4.20. The van der Waals surface area contributed by atoms with Crippen LogP contribution in [0.2, 0.25) is 0 Å². The molecule has 33 heavy (non-hydrogen) atoms. The van der Waals surface area contributed by atoms with E-state index in [4.69, 9.17) is 14.2 Å². The predicted octanol–water partition coefficient (Wildman–Crippen LogP) is 4.65. The first kappa shape index (κ1) is 21.3. The average molecular weight is 446 g/mol. The Morgan fingerprint density at radius 1 is 0.879 bits per heavy atom. The fourth-order valence-corrected chi connectivity index (χ4v) is 5.39. The third kappa shape index (κ3) is 3.16. The van der Waals surface area contributed by atoms with Crippen LogP contribution in [0, 0.1) is 5.41 Å². The molecular weight excluding hydrogens is 418 g/mol. The third-order valence-electron chi connectivity index (χ3n) is 6.75. The highest BCUT2D eigenvalue weighted by Crippen LogP contribution is 2.53. The molecule has 1 heterocycles. The van der Waals surface area contributed by atoms with Gasteiger partial charge in [0.15, 0.2) is 23.1 Å². The van der Waals surface area contributed by atoms with Gasteiger partial charge in [0.2, 0.25) is 5.75 Å². The highest BCUT2D eigenvalue weighted by Gasteiger charge is 2.46. The van der Waals surface area contributed by atoms with E-state index in [1.54, 1.807) is 21.3 Å². The van der Waals surface area contributed by atoms with Crippen LogP contribution < -0.4 is 19.5 Å². The van der Waals surface area contributed by atoms with Crippen LogP contribution in [0.15, 0.2) is 53.2 Å². The second kappa shape index (κ2) is 7.51. The number of benzene rings is 2. The van der Waals surface area contributed by atoms with Crippen molar-refractivity contribution in [2.75, 3.05) is 21.3 Å². The molecule has 2 aliphatic carbocycles. The zero-order valence-corrected chi connectivity index (χ0v) is 19.5. The molecule has 1 unspecified atom stereocenters. The topological polar surface area (TPSA) is 73.9 Å². The summed E-state index contributed by atoms with van der Waals surface area (Å²) in [6, 6.07) is 11.3. The van der Waals surface area contributed by atoms with Gasteiger partial charge in [-0.05, 0) is 29.5 Å². The molecule has 2 aromatic carbocycles. The lowest BCUT2D eigenvalue weighted by molar-refractivity contribution is -0.118. The monoisotopic (exact) mass is 445 g/mol. The van der Waals surface area contributed by atoms with Crippen LogP contribution in [-0.4, -0.2) is 32.9 Å². The maximum Gasteiger partial charge on any atom is 0.203 e. The van der Waals surface area contributed by atoms with Crippen molar-refractivity contribution in [1.29, 1.82) is 0 Å². The number of rotatable bonds is 4. The average Bonchev–Trinajstić information content (AvgIpc) is 3.07. The van der Waals surface area contributed by atoms with Gasteiger partial charge in [0.1, 0.15) is 0 Å². The van der Waals surface area contributed by atoms with Crippen molar-refractivity contribution in [3.63, 3.8) is 0 Å². The van der Waals surface area contributed by atoms with Crippen LogP contribution in [0.3, 0.4) is 0 Å². The SMILES string of the molecule is COc1cc(C2C3=C(CC(C)(C)CC3=O)NC3=C2C(=O)c2ccccc23)cc(OC)c1OC. The van der Waals surface area contributed by atoms with Crippen molar-refractivity contribution in [3.8, 4) is 17.2 Å². The van der Waals surface area contributed by atoms with Gasteiger partial charge in [-0.3, -0.25) is 9.59 Å². The normalized spacial score (nSPS) is 20.7. The smallest absolute Gasteiger partial charge is 0.203 e. The Morgan fingerprint density at radius 3 is 2.12 bits per heavy atom. The number of hydrogen-bond donors (Lipinski definition) is 1. The molecule has 5 rings (SSSR count). The Labute approximate surface area is 193 Å². The van der Waals surface area contributed by atoms with E-state index in [0.717, 1.165) is 28.9 Å². The van der Waals surface area contributed by atoms with Crippen molar-refractivity contribution in [2.24, 2.45) is 5.41 Å².